The molecule has 6 heterocycles. The number of pyridine rings is 1. The average molecular weight is 752 g/mol. The molecule has 2 saturated heterocycles. The molecular weight excluding hydrogens is 717 g/mol. The monoisotopic (exact) mass is 751 g/mol. The first-order valence-electron chi connectivity index (χ1n) is 15.2. The zero-order valence-corrected chi connectivity index (χ0v) is 29.3. The van der Waals surface area contributed by atoms with Crippen LogP contribution in [0.4, 0.5) is 11.8 Å². The minimum atomic E-state index is -3.92. The molecule has 0 radical (unpaired) electrons. The van der Waals surface area contributed by atoms with Gasteiger partial charge < -0.3 is 30.8 Å². The summed E-state index contributed by atoms with van der Waals surface area (Å²) in [6, 6.07) is 2.99. The molecule has 268 valence electrons. The lowest BCUT2D eigenvalue weighted by atomic mass is 10.0. The molecule has 22 heteroatoms. The highest BCUT2D eigenvalue weighted by atomic mass is 32.7. The second-order valence-electron chi connectivity index (χ2n) is 11.4. The van der Waals surface area contributed by atoms with Crippen LogP contribution in [0.1, 0.15) is 32.2 Å². The lowest BCUT2D eigenvalue weighted by molar-refractivity contribution is -0.109. The number of nitrogen functional groups attached to an aromatic ring is 2. The maximum Gasteiger partial charge on any atom is 0.389 e. The Morgan fingerprint density at radius 1 is 1.18 bits per heavy atom. The van der Waals surface area contributed by atoms with E-state index in [2.05, 4.69) is 37.5 Å². The van der Waals surface area contributed by atoms with Crippen molar-refractivity contribution in [1.29, 1.82) is 0 Å². The van der Waals surface area contributed by atoms with Crippen LogP contribution in [0.3, 0.4) is 0 Å². The third-order valence-corrected chi connectivity index (χ3v) is 12.0. The lowest BCUT2D eigenvalue weighted by Crippen LogP contribution is -2.32. The first-order valence-corrected chi connectivity index (χ1v) is 19.0. The van der Waals surface area contributed by atoms with Gasteiger partial charge in [-0.25, -0.2) is 19.5 Å². The number of nitrogens with one attached hydrogen (secondary N) is 1. The van der Waals surface area contributed by atoms with Gasteiger partial charge in [0, 0.05) is 5.92 Å². The third kappa shape index (κ3) is 7.17. The van der Waals surface area contributed by atoms with Crippen molar-refractivity contribution in [3.05, 3.63) is 56.2 Å². The van der Waals surface area contributed by atoms with Crippen molar-refractivity contribution in [3.63, 3.8) is 0 Å². The zero-order valence-electron chi connectivity index (χ0n) is 26.6. The number of imidazole rings is 1. The summed E-state index contributed by atoms with van der Waals surface area (Å²) in [5.74, 6) is -0.719. The SMILES string of the molecule is CSP(=O)(OC[C@@H]1CC[C@H](n2cnc3c(=O)[nH]c(N)nc32)O1)OC1C(C)[C@H](n2cnc3nc(N)ccc3c2=O)O[C@@H]1CO/C(C=O)=C(\S)CO. The highest BCUT2D eigenvalue weighted by Crippen LogP contribution is 2.62. The van der Waals surface area contributed by atoms with E-state index in [4.69, 9.17) is 34.7 Å². The number of anilines is 2. The zero-order chi connectivity index (χ0) is 35.7. The molecule has 0 bridgehead atoms. The van der Waals surface area contributed by atoms with E-state index >= 15 is 0 Å². The molecule has 0 aliphatic carbocycles. The summed E-state index contributed by atoms with van der Waals surface area (Å²) in [7, 11) is 0. The van der Waals surface area contributed by atoms with Crippen LogP contribution in [-0.2, 0) is 32.6 Å². The summed E-state index contributed by atoms with van der Waals surface area (Å²) in [5, 5.41) is 9.64. The number of aliphatic hydroxyl groups excluding tert-OH is 1. The Labute approximate surface area is 292 Å². The minimum absolute atomic E-state index is 0.00971. The van der Waals surface area contributed by atoms with Gasteiger partial charge in [-0.05, 0) is 42.6 Å². The lowest BCUT2D eigenvalue weighted by Gasteiger charge is -2.27. The second kappa shape index (κ2) is 14.8. The van der Waals surface area contributed by atoms with Gasteiger partial charge in [-0.2, -0.15) is 4.98 Å². The molecule has 2 aliphatic heterocycles. The first-order chi connectivity index (χ1) is 23.9. The maximum absolute atomic E-state index is 14.1. The van der Waals surface area contributed by atoms with Crippen molar-refractivity contribution < 1.29 is 37.7 Å². The van der Waals surface area contributed by atoms with E-state index in [1.54, 1.807) is 17.7 Å². The van der Waals surface area contributed by atoms with Crippen LogP contribution in [0.2, 0.25) is 0 Å². The molecular formula is C28H34N9O10PS2. The number of carbonyl (C=O) groups excluding carboxylic acids is 1. The van der Waals surface area contributed by atoms with Crippen LogP contribution in [0.15, 0.2) is 45.0 Å². The first kappa shape index (κ1) is 36.0. The van der Waals surface area contributed by atoms with Crippen molar-refractivity contribution in [1.82, 2.24) is 34.1 Å². The van der Waals surface area contributed by atoms with Crippen molar-refractivity contribution in [3.8, 4) is 0 Å². The van der Waals surface area contributed by atoms with Crippen LogP contribution < -0.4 is 22.6 Å². The number of aliphatic hydroxyl groups is 1. The molecule has 0 saturated carbocycles. The third-order valence-electron chi connectivity index (χ3n) is 8.27. The van der Waals surface area contributed by atoms with Crippen molar-refractivity contribution in [2.24, 2.45) is 5.92 Å². The summed E-state index contributed by atoms with van der Waals surface area (Å²) in [6.07, 6.45) is 1.75. The van der Waals surface area contributed by atoms with Crippen LogP contribution in [0, 0.1) is 5.92 Å². The molecule has 3 unspecified atom stereocenters. The summed E-state index contributed by atoms with van der Waals surface area (Å²) >= 11 is 4.94. The second-order valence-corrected chi connectivity index (χ2v) is 16.2. The smallest absolute Gasteiger partial charge is 0.389 e. The number of hydrogen-bond acceptors (Lipinski definition) is 18. The van der Waals surface area contributed by atoms with E-state index in [-0.39, 0.29) is 57.8 Å². The van der Waals surface area contributed by atoms with Crippen molar-refractivity contribution in [2.45, 2.75) is 50.5 Å². The Balaban J connectivity index is 1.20. The van der Waals surface area contributed by atoms with Gasteiger partial charge in [0.2, 0.25) is 5.95 Å². The minimum Gasteiger partial charge on any atom is -0.486 e. The maximum atomic E-state index is 14.1. The fourth-order valence-corrected chi connectivity index (χ4v) is 8.17. The number of rotatable bonds is 13. The summed E-state index contributed by atoms with van der Waals surface area (Å²) in [4.78, 5) is 56.4. The fourth-order valence-electron chi connectivity index (χ4n) is 5.77. The number of aldehydes is 1. The molecule has 7 atom stereocenters. The number of carbonyl (C=O) groups is 1. The number of nitrogens with zero attached hydrogens (tertiary/aromatic N) is 6. The predicted octanol–water partition coefficient (Wildman–Crippen LogP) is 1.52. The van der Waals surface area contributed by atoms with E-state index in [9.17, 15) is 24.1 Å². The quantitative estimate of drug-likeness (QED) is 0.0426. The van der Waals surface area contributed by atoms with Crippen molar-refractivity contribution in [2.75, 3.05) is 37.5 Å². The molecule has 2 aliphatic rings. The fraction of sp³-hybridized carbons (Fsp3) is 0.464. The van der Waals surface area contributed by atoms with E-state index in [1.807, 2.05) is 0 Å². The molecule has 0 aromatic carbocycles. The Hall–Kier alpha value is -3.82. The molecule has 6 N–H and O–H groups in total. The Morgan fingerprint density at radius 2 is 1.96 bits per heavy atom. The Bertz CT molecular complexity index is 2110. The van der Waals surface area contributed by atoms with Gasteiger partial charge in [0.05, 0.1) is 35.9 Å². The van der Waals surface area contributed by atoms with Crippen LogP contribution in [0.5, 0.6) is 0 Å². The van der Waals surface area contributed by atoms with Gasteiger partial charge in [0.1, 0.15) is 43.4 Å². The van der Waals surface area contributed by atoms with Crippen LogP contribution in [0.25, 0.3) is 22.2 Å². The van der Waals surface area contributed by atoms with Gasteiger partial charge >= 0.3 is 6.80 Å². The Kier molecular flexibility index (Phi) is 10.7. The number of H-pyrrole nitrogens is 1. The number of aromatic amines is 1. The molecule has 6 rings (SSSR count). The Morgan fingerprint density at radius 3 is 2.70 bits per heavy atom. The molecule has 4 aromatic rings. The van der Waals surface area contributed by atoms with Gasteiger partial charge in [0.25, 0.3) is 11.1 Å². The molecule has 4 aromatic heterocycles. The van der Waals surface area contributed by atoms with Gasteiger partial charge in [-0.3, -0.25) is 37.5 Å². The van der Waals surface area contributed by atoms with Gasteiger partial charge in [0.15, 0.2) is 28.9 Å². The van der Waals surface area contributed by atoms with Crippen LogP contribution >= 0.6 is 30.8 Å². The van der Waals surface area contributed by atoms with E-state index in [0.717, 1.165) is 11.4 Å². The molecule has 2 fully saturated rings. The number of ether oxygens (including phenoxy) is 3. The van der Waals surface area contributed by atoms with E-state index in [0.29, 0.717) is 19.1 Å². The highest BCUT2D eigenvalue weighted by Gasteiger charge is 2.48. The standard InChI is InChI=1S/C28H34N9O10PS2/c1-13-22(47-48(42,50-2)44-9-14-3-6-20(45-14)36-11-31-21-24(36)34-28(30)35-25(21)40)17(10-43-16(7-38)18(49)8-39)46-27(13)37-12-32-23-15(26(37)41)4-5-19(29)33-23/h4-5,7,11-14,17,20,22,27,39,49H,3,6,8-10H2,1-2H3,(H2,29,33)(H3,30,34,35,40)/b18-16-/t13?,14-,17+,20+,22?,27+,48?/m0/s1. The number of fused-ring (bicyclic) bond motifs is 2. The van der Waals surface area contributed by atoms with Gasteiger partial charge in [-0.1, -0.05) is 6.92 Å². The summed E-state index contributed by atoms with van der Waals surface area (Å²) in [5.41, 5.74) is 11.1. The highest BCUT2D eigenvalue weighted by molar-refractivity contribution is 8.54. The number of hydrogen-bond donors (Lipinski definition) is 5. The number of allylic oxidation sites excluding steroid dienone is 1. The van der Waals surface area contributed by atoms with E-state index in [1.165, 1.54) is 29.4 Å². The molecule has 0 amide bonds. The van der Waals surface area contributed by atoms with E-state index < -0.39 is 61.2 Å². The molecule has 0 spiro atoms. The normalized spacial score (nSPS) is 25.5. The summed E-state index contributed by atoms with van der Waals surface area (Å²) in [6.45, 7) is -3.13. The predicted molar refractivity (Wildman–Crippen MR) is 184 cm³/mol. The van der Waals surface area contributed by atoms with Crippen LogP contribution in [-0.4, -0.2) is 89.8 Å². The number of aromatic nitrogens is 7. The number of nitrogens with two attached hydrogens (primary N) is 2. The largest absolute Gasteiger partial charge is 0.486 e. The molecule has 19 nitrogen and oxygen atoms in total. The number of thiol groups is 1. The molecule has 50 heavy (non-hydrogen) atoms. The average Bonchev–Trinajstić information content (AvgIpc) is 3.82. The van der Waals surface area contributed by atoms with Crippen molar-refractivity contribution >= 4 is 71.1 Å². The summed E-state index contributed by atoms with van der Waals surface area (Å²) < 4.78 is 47.1. The topological polar surface area (TPSA) is 264 Å². The van der Waals surface area contributed by atoms with Gasteiger partial charge in [-0.15, -0.1) is 12.6 Å².